The molecule has 8 heteroatoms. The summed E-state index contributed by atoms with van der Waals surface area (Å²) in [5.74, 6) is 0.0718. The Morgan fingerprint density at radius 1 is 1.00 bits per heavy atom. The number of carbonyl (C=O) groups excluding carboxylic acids is 2. The predicted molar refractivity (Wildman–Crippen MR) is 121 cm³/mol. The van der Waals surface area contributed by atoms with E-state index in [1.165, 1.54) is 0 Å². The third-order valence-corrected chi connectivity index (χ3v) is 6.82. The molecule has 154 valence electrons. The highest BCUT2D eigenvalue weighted by molar-refractivity contribution is 8.01. The van der Waals surface area contributed by atoms with Crippen LogP contribution in [0.2, 0.25) is 0 Å². The van der Waals surface area contributed by atoms with Crippen LogP contribution in [-0.4, -0.2) is 52.8 Å². The summed E-state index contributed by atoms with van der Waals surface area (Å²) in [7, 11) is 0. The third kappa shape index (κ3) is 5.01. The minimum absolute atomic E-state index is 0.0105. The Kier molecular flexibility index (Phi) is 6.35. The molecule has 0 radical (unpaired) electrons. The Labute approximate surface area is 183 Å². The first-order valence-corrected chi connectivity index (χ1v) is 11.3. The summed E-state index contributed by atoms with van der Waals surface area (Å²) in [4.78, 5) is 33.4. The van der Waals surface area contributed by atoms with E-state index in [4.69, 9.17) is 0 Å². The van der Waals surface area contributed by atoms with Crippen LogP contribution in [0.1, 0.15) is 17.3 Å². The molecule has 1 aromatic heterocycles. The minimum atomic E-state index is 0.0105. The molecule has 0 aliphatic carbocycles. The van der Waals surface area contributed by atoms with Crippen LogP contribution in [0.25, 0.3) is 0 Å². The third-order valence-electron chi connectivity index (χ3n) is 4.82. The Morgan fingerprint density at radius 2 is 1.73 bits per heavy atom. The lowest BCUT2D eigenvalue weighted by molar-refractivity contribution is -0.130. The lowest BCUT2D eigenvalue weighted by Crippen LogP contribution is -2.50. The quantitative estimate of drug-likeness (QED) is 0.642. The Morgan fingerprint density at radius 3 is 2.47 bits per heavy atom. The fraction of sp³-hybridized carbons (Fsp3) is 0.227. The highest BCUT2D eigenvalue weighted by atomic mass is 32.2. The molecule has 0 atom stereocenters. The standard InChI is InChI=1S/C22H22N4O2S2/c1-16(27)25-10-12-26(13-11-25)21(28)17-6-5-9-19(14-17)29-20-15-23-22(30-20)24-18-7-3-2-4-8-18/h2-9,14-15H,10-13H2,1H3,(H,23,24). The number of nitrogens with zero attached hydrogens (tertiary/aromatic N) is 3. The summed E-state index contributed by atoms with van der Waals surface area (Å²) >= 11 is 3.17. The number of benzene rings is 2. The average Bonchev–Trinajstić information content (AvgIpc) is 3.20. The van der Waals surface area contributed by atoms with E-state index in [-0.39, 0.29) is 11.8 Å². The highest BCUT2D eigenvalue weighted by Gasteiger charge is 2.23. The van der Waals surface area contributed by atoms with Crippen LogP contribution in [-0.2, 0) is 4.79 Å². The van der Waals surface area contributed by atoms with Gasteiger partial charge in [-0.1, -0.05) is 47.4 Å². The molecule has 2 amide bonds. The van der Waals surface area contributed by atoms with Crippen molar-refractivity contribution in [2.75, 3.05) is 31.5 Å². The van der Waals surface area contributed by atoms with E-state index < -0.39 is 0 Å². The van der Waals surface area contributed by atoms with E-state index in [2.05, 4.69) is 10.3 Å². The molecule has 1 fully saturated rings. The summed E-state index contributed by atoms with van der Waals surface area (Å²) in [6, 6.07) is 17.6. The Hall–Kier alpha value is -2.84. The van der Waals surface area contributed by atoms with Crippen LogP contribution in [0.15, 0.2) is 69.9 Å². The smallest absolute Gasteiger partial charge is 0.254 e. The molecule has 0 spiro atoms. The van der Waals surface area contributed by atoms with Gasteiger partial charge < -0.3 is 15.1 Å². The van der Waals surface area contributed by atoms with Crippen LogP contribution in [0, 0.1) is 0 Å². The second-order valence-electron chi connectivity index (χ2n) is 6.90. The van der Waals surface area contributed by atoms with Gasteiger partial charge in [-0.25, -0.2) is 4.98 Å². The minimum Gasteiger partial charge on any atom is -0.339 e. The van der Waals surface area contributed by atoms with Crippen LogP contribution in [0.3, 0.4) is 0 Å². The second-order valence-corrected chi connectivity index (χ2v) is 9.31. The molecule has 30 heavy (non-hydrogen) atoms. The van der Waals surface area contributed by atoms with Crippen LogP contribution in [0.4, 0.5) is 10.8 Å². The Balaban J connectivity index is 1.39. The van der Waals surface area contributed by atoms with Crippen molar-refractivity contribution in [2.24, 2.45) is 0 Å². The lowest BCUT2D eigenvalue weighted by atomic mass is 10.2. The van der Waals surface area contributed by atoms with Gasteiger partial charge in [0.1, 0.15) is 0 Å². The van der Waals surface area contributed by atoms with Gasteiger partial charge in [-0.15, -0.1) is 0 Å². The molecule has 0 bridgehead atoms. The second kappa shape index (κ2) is 9.32. The normalized spacial score (nSPS) is 13.9. The summed E-state index contributed by atoms with van der Waals surface area (Å²) in [5.41, 5.74) is 1.67. The number of aromatic nitrogens is 1. The van der Waals surface area contributed by atoms with E-state index in [9.17, 15) is 9.59 Å². The van der Waals surface area contributed by atoms with Gasteiger partial charge in [-0.3, -0.25) is 9.59 Å². The monoisotopic (exact) mass is 438 g/mol. The van der Waals surface area contributed by atoms with E-state index >= 15 is 0 Å². The van der Waals surface area contributed by atoms with Gasteiger partial charge in [-0.2, -0.15) is 0 Å². The van der Waals surface area contributed by atoms with Crippen LogP contribution >= 0.6 is 23.1 Å². The number of anilines is 2. The number of nitrogens with one attached hydrogen (secondary N) is 1. The number of rotatable bonds is 5. The SMILES string of the molecule is CC(=O)N1CCN(C(=O)c2cccc(Sc3cnc(Nc4ccccc4)s3)c2)CC1. The number of para-hydroxylation sites is 1. The van der Waals surface area contributed by atoms with E-state index in [0.717, 1.165) is 19.9 Å². The first-order valence-electron chi connectivity index (χ1n) is 9.69. The zero-order valence-corrected chi connectivity index (χ0v) is 18.2. The van der Waals surface area contributed by atoms with Crippen LogP contribution in [0.5, 0.6) is 0 Å². The fourth-order valence-electron chi connectivity index (χ4n) is 3.23. The van der Waals surface area contributed by atoms with Crippen molar-refractivity contribution in [3.8, 4) is 0 Å². The van der Waals surface area contributed by atoms with E-state index in [0.29, 0.717) is 31.7 Å². The molecule has 2 heterocycles. The molecule has 4 rings (SSSR count). The average molecular weight is 439 g/mol. The molecule has 6 nitrogen and oxygen atoms in total. The van der Waals surface area contributed by atoms with Crippen molar-refractivity contribution in [3.05, 3.63) is 66.4 Å². The number of amides is 2. The summed E-state index contributed by atoms with van der Waals surface area (Å²) in [6.45, 7) is 3.89. The number of hydrogen-bond donors (Lipinski definition) is 1. The van der Waals surface area contributed by atoms with E-state index in [1.807, 2.05) is 65.7 Å². The lowest BCUT2D eigenvalue weighted by Gasteiger charge is -2.34. The maximum atomic E-state index is 12.9. The van der Waals surface area contributed by atoms with Gasteiger partial charge in [-0.05, 0) is 30.3 Å². The van der Waals surface area contributed by atoms with Gasteiger partial charge in [0, 0.05) is 49.2 Å². The Bertz CT molecular complexity index is 1030. The van der Waals surface area contributed by atoms with Crippen molar-refractivity contribution in [1.29, 1.82) is 0 Å². The van der Waals surface area contributed by atoms with Crippen LogP contribution < -0.4 is 5.32 Å². The van der Waals surface area contributed by atoms with Gasteiger partial charge in [0.2, 0.25) is 5.91 Å². The van der Waals surface area contributed by atoms with Crippen molar-refractivity contribution in [1.82, 2.24) is 14.8 Å². The summed E-state index contributed by atoms with van der Waals surface area (Å²) < 4.78 is 1.05. The molecule has 0 saturated carbocycles. The zero-order valence-electron chi connectivity index (χ0n) is 16.6. The number of carbonyl (C=O) groups is 2. The first kappa shape index (κ1) is 20.4. The van der Waals surface area contributed by atoms with Gasteiger partial charge in [0.25, 0.3) is 5.91 Å². The number of thiazole rings is 1. The molecule has 1 aliphatic heterocycles. The fourth-order valence-corrected chi connectivity index (χ4v) is 5.16. The molecule has 0 unspecified atom stereocenters. The molecule has 1 saturated heterocycles. The number of hydrogen-bond acceptors (Lipinski definition) is 6. The number of piperazine rings is 1. The zero-order chi connectivity index (χ0) is 20.9. The molecule has 1 aliphatic rings. The predicted octanol–water partition coefficient (Wildman–Crippen LogP) is 4.34. The van der Waals surface area contributed by atoms with Crippen molar-refractivity contribution in [3.63, 3.8) is 0 Å². The first-order chi connectivity index (χ1) is 14.6. The molecule has 2 aromatic carbocycles. The summed E-state index contributed by atoms with van der Waals surface area (Å²) in [5, 5.41) is 4.13. The molecular formula is C22H22N4O2S2. The van der Waals surface area contributed by atoms with Gasteiger partial charge in [0.05, 0.1) is 10.4 Å². The molecule has 3 aromatic rings. The van der Waals surface area contributed by atoms with Crippen molar-refractivity contribution in [2.45, 2.75) is 16.0 Å². The van der Waals surface area contributed by atoms with Crippen molar-refractivity contribution < 1.29 is 9.59 Å². The van der Waals surface area contributed by atoms with Crippen molar-refractivity contribution >= 4 is 45.7 Å². The molecule has 1 N–H and O–H groups in total. The van der Waals surface area contributed by atoms with Gasteiger partial charge in [0.15, 0.2) is 5.13 Å². The maximum Gasteiger partial charge on any atom is 0.254 e. The van der Waals surface area contributed by atoms with Gasteiger partial charge >= 0.3 is 0 Å². The topological polar surface area (TPSA) is 65.5 Å². The maximum absolute atomic E-state index is 12.9. The van der Waals surface area contributed by atoms with E-state index in [1.54, 1.807) is 34.9 Å². The largest absolute Gasteiger partial charge is 0.339 e. The highest BCUT2D eigenvalue weighted by Crippen LogP contribution is 2.35. The summed E-state index contributed by atoms with van der Waals surface area (Å²) in [6.07, 6.45) is 1.84. The molecular weight excluding hydrogens is 416 g/mol.